The zero-order chi connectivity index (χ0) is 10.2. The van der Waals surface area contributed by atoms with E-state index >= 15 is 0 Å². The number of hydrogen-bond donors (Lipinski definition) is 0. The molecule has 0 aromatic rings. The van der Waals surface area contributed by atoms with Crippen LogP contribution in [0.25, 0.3) is 0 Å². The van der Waals surface area contributed by atoms with Crippen LogP contribution in [0, 0.1) is 5.92 Å². The first-order chi connectivity index (χ1) is 6.83. The van der Waals surface area contributed by atoms with E-state index in [-0.39, 0.29) is 5.97 Å². The molecule has 0 bridgehead atoms. The molecule has 0 aromatic carbocycles. The molecule has 0 atom stereocenters. The topological polar surface area (TPSA) is 26.3 Å². The second-order valence-corrected chi connectivity index (χ2v) is 3.65. The van der Waals surface area contributed by atoms with E-state index in [2.05, 4.69) is 5.73 Å². The van der Waals surface area contributed by atoms with E-state index in [1.807, 2.05) is 6.08 Å². The minimum Gasteiger partial charge on any atom is -0.462 e. The van der Waals surface area contributed by atoms with Crippen LogP contribution >= 0.6 is 0 Å². The molecule has 0 aliphatic heterocycles. The molecule has 0 N–H and O–H groups in total. The van der Waals surface area contributed by atoms with Crippen molar-refractivity contribution in [3.05, 3.63) is 17.9 Å². The van der Waals surface area contributed by atoms with Crippen molar-refractivity contribution in [1.82, 2.24) is 0 Å². The zero-order valence-corrected chi connectivity index (χ0v) is 8.79. The van der Waals surface area contributed by atoms with E-state index in [9.17, 15) is 4.79 Å². The lowest BCUT2D eigenvalue weighted by Gasteiger charge is -2.01. The van der Waals surface area contributed by atoms with Crippen LogP contribution in [0.1, 0.15) is 39.0 Å². The van der Waals surface area contributed by atoms with Crippen molar-refractivity contribution in [2.24, 2.45) is 5.92 Å². The van der Waals surface area contributed by atoms with Gasteiger partial charge in [-0.25, -0.2) is 4.79 Å². The van der Waals surface area contributed by atoms with Gasteiger partial charge in [-0.15, -0.1) is 5.73 Å². The summed E-state index contributed by atoms with van der Waals surface area (Å²) in [4.78, 5) is 10.9. The van der Waals surface area contributed by atoms with Gasteiger partial charge in [0.2, 0.25) is 0 Å². The van der Waals surface area contributed by atoms with Crippen molar-refractivity contribution in [2.75, 3.05) is 6.61 Å². The standard InChI is InChI=1S/C12H18O2/c1-2-14-12(13)10-6-5-9-11-7-3-4-8-11/h5,10-11H,2-4,7-9H2,1H3. The second kappa shape index (κ2) is 6.44. The molecule has 0 spiro atoms. The Hall–Kier alpha value is -1.01. The third-order valence-electron chi connectivity index (χ3n) is 2.53. The monoisotopic (exact) mass is 194 g/mol. The maximum Gasteiger partial charge on any atom is 0.338 e. The first-order valence-corrected chi connectivity index (χ1v) is 5.40. The fourth-order valence-electron chi connectivity index (χ4n) is 1.79. The first-order valence-electron chi connectivity index (χ1n) is 5.40. The highest BCUT2D eigenvalue weighted by atomic mass is 16.5. The summed E-state index contributed by atoms with van der Waals surface area (Å²) in [6.07, 6.45) is 9.76. The molecule has 0 radical (unpaired) electrons. The molecule has 0 amide bonds. The Kier molecular flexibility index (Phi) is 5.09. The molecule has 0 saturated heterocycles. The summed E-state index contributed by atoms with van der Waals surface area (Å²) in [5, 5.41) is 0. The van der Waals surface area contributed by atoms with Gasteiger partial charge in [-0.2, -0.15) is 0 Å². The Balaban J connectivity index is 2.21. The minimum atomic E-state index is -0.296. The predicted octanol–water partition coefficient (Wildman–Crippen LogP) is 2.84. The summed E-state index contributed by atoms with van der Waals surface area (Å²) in [5.74, 6) is 0.522. The Morgan fingerprint density at radius 3 is 2.86 bits per heavy atom. The molecule has 2 nitrogen and oxygen atoms in total. The number of carbonyl (C=O) groups excluding carboxylic acids is 1. The fraction of sp³-hybridized carbons (Fsp3) is 0.667. The van der Waals surface area contributed by atoms with Gasteiger partial charge in [0.05, 0.1) is 12.7 Å². The number of rotatable bonds is 4. The Labute approximate surface area is 85.6 Å². The van der Waals surface area contributed by atoms with Crippen LogP contribution in [-0.2, 0) is 9.53 Å². The lowest BCUT2D eigenvalue weighted by molar-refractivity contribution is -0.137. The Bertz CT molecular complexity index is 231. The van der Waals surface area contributed by atoms with Gasteiger partial charge < -0.3 is 4.74 Å². The average Bonchev–Trinajstić information content (AvgIpc) is 2.65. The number of hydrogen-bond acceptors (Lipinski definition) is 2. The van der Waals surface area contributed by atoms with E-state index in [0.29, 0.717) is 6.61 Å². The van der Waals surface area contributed by atoms with Crippen LogP contribution in [0.5, 0.6) is 0 Å². The van der Waals surface area contributed by atoms with Crippen molar-refractivity contribution in [3.8, 4) is 0 Å². The predicted molar refractivity (Wildman–Crippen MR) is 55.9 cm³/mol. The van der Waals surface area contributed by atoms with Gasteiger partial charge in [-0.3, -0.25) is 0 Å². The molecule has 14 heavy (non-hydrogen) atoms. The third-order valence-corrected chi connectivity index (χ3v) is 2.53. The van der Waals surface area contributed by atoms with Crippen molar-refractivity contribution >= 4 is 5.97 Å². The van der Waals surface area contributed by atoms with Crippen LogP contribution in [0.2, 0.25) is 0 Å². The molecule has 1 aliphatic rings. The maximum atomic E-state index is 10.9. The van der Waals surface area contributed by atoms with Crippen molar-refractivity contribution in [2.45, 2.75) is 39.0 Å². The third kappa shape index (κ3) is 4.29. The van der Waals surface area contributed by atoms with Gasteiger partial charge in [-0.1, -0.05) is 25.7 Å². The molecular weight excluding hydrogens is 176 g/mol. The smallest absolute Gasteiger partial charge is 0.338 e. The molecule has 1 saturated carbocycles. The molecule has 78 valence electrons. The SMILES string of the molecule is CCOC(=O)C=C=CCC1CCCC1. The molecule has 0 unspecified atom stereocenters. The highest BCUT2D eigenvalue weighted by molar-refractivity contribution is 5.81. The van der Waals surface area contributed by atoms with Crippen LogP contribution < -0.4 is 0 Å². The summed E-state index contributed by atoms with van der Waals surface area (Å²) >= 11 is 0. The molecule has 1 fully saturated rings. The zero-order valence-electron chi connectivity index (χ0n) is 8.79. The summed E-state index contributed by atoms with van der Waals surface area (Å²) < 4.78 is 4.74. The van der Waals surface area contributed by atoms with Crippen molar-refractivity contribution < 1.29 is 9.53 Å². The summed E-state index contributed by atoms with van der Waals surface area (Å²) in [7, 11) is 0. The van der Waals surface area contributed by atoms with Crippen LogP contribution in [-0.4, -0.2) is 12.6 Å². The number of esters is 1. The van der Waals surface area contributed by atoms with Gasteiger partial charge >= 0.3 is 5.97 Å². The van der Waals surface area contributed by atoms with E-state index < -0.39 is 0 Å². The molecule has 0 heterocycles. The van der Waals surface area contributed by atoms with Gasteiger partial charge in [0, 0.05) is 0 Å². The second-order valence-electron chi connectivity index (χ2n) is 3.65. The summed E-state index contributed by atoms with van der Waals surface area (Å²) in [6.45, 7) is 2.23. The first kappa shape index (κ1) is 11.1. The number of carbonyl (C=O) groups is 1. The Morgan fingerprint density at radius 2 is 2.21 bits per heavy atom. The molecule has 1 rings (SSSR count). The highest BCUT2D eigenvalue weighted by Crippen LogP contribution is 2.27. The average molecular weight is 194 g/mol. The van der Waals surface area contributed by atoms with Crippen molar-refractivity contribution in [3.63, 3.8) is 0 Å². The summed E-state index contributed by atoms with van der Waals surface area (Å²) in [6, 6.07) is 0. The quantitative estimate of drug-likeness (QED) is 0.391. The molecule has 2 heteroatoms. The van der Waals surface area contributed by atoms with Crippen LogP contribution in [0.3, 0.4) is 0 Å². The van der Waals surface area contributed by atoms with E-state index in [1.54, 1.807) is 6.92 Å². The van der Waals surface area contributed by atoms with Crippen molar-refractivity contribution in [1.29, 1.82) is 0 Å². The van der Waals surface area contributed by atoms with Gasteiger partial charge in [-0.05, 0) is 25.3 Å². The van der Waals surface area contributed by atoms with Gasteiger partial charge in [0.15, 0.2) is 0 Å². The number of ether oxygens (including phenoxy) is 1. The van der Waals surface area contributed by atoms with E-state index in [4.69, 9.17) is 4.74 Å². The fourth-order valence-corrected chi connectivity index (χ4v) is 1.79. The normalized spacial score (nSPS) is 16.1. The minimum absolute atomic E-state index is 0.296. The Morgan fingerprint density at radius 1 is 1.50 bits per heavy atom. The molecule has 1 aliphatic carbocycles. The van der Waals surface area contributed by atoms with Crippen LogP contribution in [0.4, 0.5) is 0 Å². The van der Waals surface area contributed by atoms with E-state index in [1.165, 1.54) is 31.8 Å². The molecule has 0 aromatic heterocycles. The maximum absolute atomic E-state index is 10.9. The lowest BCUT2D eigenvalue weighted by Crippen LogP contribution is -1.98. The molecular formula is C12H18O2. The van der Waals surface area contributed by atoms with E-state index in [0.717, 1.165) is 12.3 Å². The lowest BCUT2D eigenvalue weighted by atomic mass is 10.0. The highest BCUT2D eigenvalue weighted by Gasteiger charge is 2.12. The van der Waals surface area contributed by atoms with Gasteiger partial charge in [0.25, 0.3) is 0 Å². The van der Waals surface area contributed by atoms with Gasteiger partial charge in [0.1, 0.15) is 0 Å². The summed E-state index contributed by atoms with van der Waals surface area (Å²) in [5.41, 5.74) is 2.87. The van der Waals surface area contributed by atoms with Crippen LogP contribution in [0.15, 0.2) is 17.9 Å². The largest absolute Gasteiger partial charge is 0.462 e.